The van der Waals surface area contributed by atoms with Crippen LogP contribution in [0.2, 0.25) is 0 Å². The van der Waals surface area contributed by atoms with Crippen LogP contribution in [0, 0.1) is 0 Å². The number of hydrogen-bond acceptors (Lipinski definition) is 1. The van der Waals surface area contributed by atoms with Gasteiger partial charge < -0.3 is 10.2 Å². The highest BCUT2D eigenvalue weighted by Gasteiger charge is 2.16. The van der Waals surface area contributed by atoms with Crippen LogP contribution in [0.15, 0.2) is 35.9 Å². The molecule has 1 N–H and O–H groups in total. The summed E-state index contributed by atoms with van der Waals surface area (Å²) in [7, 11) is 0. The summed E-state index contributed by atoms with van der Waals surface area (Å²) in [6.45, 7) is 10.2. The van der Waals surface area contributed by atoms with Crippen LogP contribution < -0.4 is 5.32 Å². The Morgan fingerprint density at radius 1 is 1.20 bits per heavy atom. The van der Waals surface area contributed by atoms with E-state index in [0.29, 0.717) is 6.54 Å². The highest BCUT2D eigenvalue weighted by atomic mass is 16.2. The first-order valence-corrected chi connectivity index (χ1v) is 7.18. The van der Waals surface area contributed by atoms with Gasteiger partial charge in [0.15, 0.2) is 0 Å². The largest absolute Gasteiger partial charge is 0.322 e. The molecule has 108 valence electrons. The molecule has 1 heterocycles. The van der Waals surface area contributed by atoms with Gasteiger partial charge in [0.1, 0.15) is 0 Å². The molecule has 2 rings (SSSR count). The SMILES string of the molecule is CC1=CCN(C(=O)Nc2ccc(C(C)(C)C)cc2)CC1. The molecule has 0 aromatic heterocycles. The van der Waals surface area contributed by atoms with Crippen LogP contribution in [0.25, 0.3) is 0 Å². The molecule has 3 nitrogen and oxygen atoms in total. The van der Waals surface area contributed by atoms with Gasteiger partial charge in [-0.3, -0.25) is 0 Å². The standard InChI is InChI=1S/C17H24N2O/c1-13-9-11-19(12-10-13)16(20)18-15-7-5-14(6-8-15)17(2,3)4/h5-9H,10-12H2,1-4H3,(H,18,20). The van der Waals surface area contributed by atoms with Gasteiger partial charge in [-0.15, -0.1) is 0 Å². The molecular weight excluding hydrogens is 248 g/mol. The van der Waals surface area contributed by atoms with Crippen LogP contribution in [0.4, 0.5) is 10.5 Å². The molecule has 2 amide bonds. The molecule has 0 radical (unpaired) electrons. The van der Waals surface area contributed by atoms with E-state index in [-0.39, 0.29) is 11.4 Å². The van der Waals surface area contributed by atoms with Gasteiger partial charge in [0.05, 0.1) is 0 Å². The Balaban J connectivity index is 1.98. The van der Waals surface area contributed by atoms with E-state index in [1.54, 1.807) is 0 Å². The van der Waals surface area contributed by atoms with E-state index in [9.17, 15) is 4.79 Å². The van der Waals surface area contributed by atoms with Crippen LogP contribution in [-0.2, 0) is 5.41 Å². The quantitative estimate of drug-likeness (QED) is 0.765. The van der Waals surface area contributed by atoms with E-state index in [0.717, 1.165) is 18.7 Å². The summed E-state index contributed by atoms with van der Waals surface area (Å²) in [5.74, 6) is 0. The lowest BCUT2D eigenvalue weighted by molar-refractivity contribution is 0.215. The van der Waals surface area contributed by atoms with Gasteiger partial charge in [0.2, 0.25) is 0 Å². The average molecular weight is 272 g/mol. The van der Waals surface area contributed by atoms with Crippen molar-refractivity contribution in [2.24, 2.45) is 0 Å². The molecule has 0 saturated carbocycles. The van der Waals surface area contributed by atoms with E-state index in [2.05, 4.69) is 51.2 Å². The number of amides is 2. The van der Waals surface area contributed by atoms with Crippen molar-refractivity contribution >= 4 is 11.7 Å². The maximum Gasteiger partial charge on any atom is 0.322 e. The summed E-state index contributed by atoms with van der Waals surface area (Å²) in [6.07, 6.45) is 3.09. The average Bonchev–Trinajstić information content (AvgIpc) is 2.39. The molecule has 1 aliphatic rings. The molecule has 0 fully saturated rings. The van der Waals surface area contributed by atoms with Gasteiger partial charge in [-0.05, 0) is 36.5 Å². The maximum atomic E-state index is 12.1. The molecule has 0 spiro atoms. The third-order valence-corrected chi connectivity index (χ3v) is 3.73. The number of nitrogens with zero attached hydrogens (tertiary/aromatic N) is 1. The number of hydrogen-bond donors (Lipinski definition) is 1. The molecule has 0 saturated heterocycles. The summed E-state index contributed by atoms with van der Waals surface area (Å²) in [5, 5.41) is 2.96. The van der Waals surface area contributed by atoms with Gasteiger partial charge in [0, 0.05) is 18.8 Å². The number of carbonyl (C=O) groups excluding carboxylic acids is 1. The molecule has 1 aliphatic heterocycles. The lowest BCUT2D eigenvalue weighted by atomic mass is 9.87. The normalized spacial score (nSPS) is 15.8. The number of nitrogens with one attached hydrogen (secondary N) is 1. The predicted molar refractivity (Wildman–Crippen MR) is 84.1 cm³/mol. The predicted octanol–water partition coefficient (Wildman–Crippen LogP) is 4.17. The van der Waals surface area contributed by atoms with Gasteiger partial charge >= 0.3 is 6.03 Å². The van der Waals surface area contributed by atoms with Crippen molar-refractivity contribution in [3.8, 4) is 0 Å². The lowest BCUT2D eigenvalue weighted by Gasteiger charge is -2.26. The van der Waals surface area contributed by atoms with Crippen molar-refractivity contribution in [1.29, 1.82) is 0 Å². The van der Waals surface area contributed by atoms with E-state index in [1.165, 1.54) is 11.1 Å². The zero-order valence-electron chi connectivity index (χ0n) is 12.9. The minimum atomic E-state index is -0.0164. The molecule has 1 aromatic rings. The molecule has 3 heteroatoms. The summed E-state index contributed by atoms with van der Waals surface area (Å²) in [6, 6.07) is 8.09. The lowest BCUT2D eigenvalue weighted by Crippen LogP contribution is -2.37. The molecular formula is C17H24N2O. The number of anilines is 1. The Bertz CT molecular complexity index is 509. The van der Waals surface area contributed by atoms with Crippen LogP contribution >= 0.6 is 0 Å². The first-order valence-electron chi connectivity index (χ1n) is 7.18. The van der Waals surface area contributed by atoms with E-state index in [1.807, 2.05) is 17.0 Å². The van der Waals surface area contributed by atoms with Gasteiger partial charge in [0.25, 0.3) is 0 Å². The summed E-state index contributed by atoms with van der Waals surface area (Å²) in [4.78, 5) is 14.0. The Morgan fingerprint density at radius 3 is 2.35 bits per heavy atom. The fourth-order valence-electron chi connectivity index (χ4n) is 2.21. The smallest absolute Gasteiger partial charge is 0.320 e. The zero-order valence-corrected chi connectivity index (χ0v) is 12.9. The fraction of sp³-hybridized carbons (Fsp3) is 0.471. The first kappa shape index (κ1) is 14.6. The molecule has 0 unspecified atom stereocenters. The van der Waals surface area contributed by atoms with E-state index < -0.39 is 0 Å². The van der Waals surface area contributed by atoms with Crippen LogP contribution in [0.5, 0.6) is 0 Å². The van der Waals surface area contributed by atoms with Crippen molar-refractivity contribution in [3.05, 3.63) is 41.5 Å². The fourth-order valence-corrected chi connectivity index (χ4v) is 2.21. The Hall–Kier alpha value is -1.77. The Morgan fingerprint density at radius 2 is 1.85 bits per heavy atom. The second kappa shape index (κ2) is 5.70. The highest BCUT2D eigenvalue weighted by Crippen LogP contribution is 2.23. The van der Waals surface area contributed by atoms with Gasteiger partial charge in [-0.2, -0.15) is 0 Å². The molecule has 20 heavy (non-hydrogen) atoms. The molecule has 0 bridgehead atoms. The topological polar surface area (TPSA) is 32.3 Å². The van der Waals surface area contributed by atoms with E-state index >= 15 is 0 Å². The number of benzene rings is 1. The summed E-state index contributed by atoms with van der Waals surface area (Å²) in [5.41, 5.74) is 3.63. The third kappa shape index (κ3) is 3.62. The summed E-state index contributed by atoms with van der Waals surface area (Å²) >= 11 is 0. The van der Waals surface area contributed by atoms with Crippen molar-refractivity contribution in [2.45, 2.75) is 39.5 Å². The second-order valence-electron chi connectivity index (χ2n) is 6.50. The maximum absolute atomic E-state index is 12.1. The van der Waals surface area contributed by atoms with Gasteiger partial charge in [-0.1, -0.05) is 44.6 Å². The third-order valence-electron chi connectivity index (χ3n) is 3.73. The molecule has 1 aromatic carbocycles. The van der Waals surface area contributed by atoms with Crippen molar-refractivity contribution in [1.82, 2.24) is 4.90 Å². The Labute approximate surface area is 121 Å². The van der Waals surface area contributed by atoms with Crippen molar-refractivity contribution < 1.29 is 4.79 Å². The number of rotatable bonds is 1. The van der Waals surface area contributed by atoms with Crippen molar-refractivity contribution in [3.63, 3.8) is 0 Å². The number of carbonyl (C=O) groups is 1. The zero-order chi connectivity index (χ0) is 14.8. The van der Waals surface area contributed by atoms with Crippen LogP contribution in [0.3, 0.4) is 0 Å². The minimum absolute atomic E-state index is 0.0164. The molecule has 0 atom stereocenters. The summed E-state index contributed by atoms with van der Waals surface area (Å²) < 4.78 is 0. The first-order chi connectivity index (χ1) is 9.36. The van der Waals surface area contributed by atoms with Gasteiger partial charge in [-0.25, -0.2) is 4.79 Å². The minimum Gasteiger partial charge on any atom is -0.320 e. The Kier molecular flexibility index (Phi) is 4.17. The van der Waals surface area contributed by atoms with Crippen LogP contribution in [-0.4, -0.2) is 24.0 Å². The van der Waals surface area contributed by atoms with Crippen LogP contribution in [0.1, 0.15) is 39.7 Å². The highest BCUT2D eigenvalue weighted by molar-refractivity contribution is 5.89. The number of urea groups is 1. The monoisotopic (exact) mass is 272 g/mol. The molecule has 0 aliphatic carbocycles. The second-order valence-corrected chi connectivity index (χ2v) is 6.50. The van der Waals surface area contributed by atoms with Crippen molar-refractivity contribution in [2.75, 3.05) is 18.4 Å². The van der Waals surface area contributed by atoms with E-state index in [4.69, 9.17) is 0 Å².